The fourth-order valence-electron chi connectivity index (χ4n) is 2.30. The van der Waals surface area contributed by atoms with Crippen LogP contribution >= 0.6 is 0 Å². The predicted molar refractivity (Wildman–Crippen MR) is 59.8 cm³/mol. The smallest absolute Gasteiger partial charge is 0.325 e. The van der Waals surface area contributed by atoms with Gasteiger partial charge >= 0.3 is 32.7 Å². The first-order valence-electron chi connectivity index (χ1n) is 5.65. The minimum atomic E-state index is 0. The van der Waals surface area contributed by atoms with E-state index in [2.05, 4.69) is 46.1 Å². The van der Waals surface area contributed by atoms with Gasteiger partial charge in [0.1, 0.15) is 0 Å². The van der Waals surface area contributed by atoms with Crippen molar-refractivity contribution in [3.05, 3.63) is 6.42 Å². The Hall–Kier alpha value is 1.02. The van der Waals surface area contributed by atoms with Crippen LogP contribution in [-0.4, -0.2) is 22.7 Å². The summed E-state index contributed by atoms with van der Waals surface area (Å²) in [5.74, 6) is 0. The summed E-state index contributed by atoms with van der Waals surface area (Å²) >= 11 is 0. The summed E-state index contributed by atoms with van der Waals surface area (Å²) in [6.45, 7) is 12.0. The molecule has 1 rings (SSSR count). The third kappa shape index (κ3) is 4.07. The Balaban J connectivity index is 0.00000196. The summed E-state index contributed by atoms with van der Waals surface area (Å²) in [5.41, 5.74) is 0.272. The maximum absolute atomic E-state index is 5.88. The molecule has 0 atom stereocenters. The summed E-state index contributed by atoms with van der Waals surface area (Å²) in [4.78, 5) is 5.88. The van der Waals surface area contributed by atoms with E-state index in [1.807, 2.05) is 0 Å². The molecular weight excluding hydrogens is 263 g/mol. The Morgan fingerprint density at radius 2 is 1.60 bits per heavy atom. The van der Waals surface area contributed by atoms with E-state index >= 15 is 0 Å². The van der Waals surface area contributed by atoms with Crippen molar-refractivity contribution in [3.63, 3.8) is 0 Å². The van der Waals surface area contributed by atoms with Crippen LogP contribution in [0.4, 0.5) is 0 Å². The van der Waals surface area contributed by atoms with Crippen LogP contribution in [0.2, 0.25) is 0 Å². The molecule has 1 heterocycles. The van der Waals surface area contributed by atoms with Gasteiger partial charge in [-0.25, -0.2) is 0 Å². The second-order valence-electron chi connectivity index (χ2n) is 5.45. The molecule has 0 N–H and O–H groups in total. The van der Waals surface area contributed by atoms with Crippen molar-refractivity contribution >= 4 is 0 Å². The number of piperidine rings is 1. The summed E-state index contributed by atoms with van der Waals surface area (Å²) in [6.07, 6.45) is 5.68. The minimum absolute atomic E-state index is 0. The Kier molecular flexibility index (Phi) is 6.51. The van der Waals surface area contributed by atoms with E-state index in [1.54, 1.807) is 0 Å². The van der Waals surface area contributed by atoms with Crippen molar-refractivity contribution in [3.8, 4) is 0 Å². The van der Waals surface area contributed by atoms with Crippen LogP contribution in [0, 0.1) is 6.42 Å². The van der Waals surface area contributed by atoms with Gasteiger partial charge in [-0.3, -0.25) is 4.84 Å². The first-order valence-corrected chi connectivity index (χ1v) is 5.65. The van der Waals surface area contributed by atoms with Crippen LogP contribution < -0.4 is 0 Å². The van der Waals surface area contributed by atoms with E-state index in [-0.39, 0.29) is 43.8 Å². The van der Waals surface area contributed by atoms with Gasteiger partial charge in [-0.05, 0) is 34.1 Å². The van der Waals surface area contributed by atoms with Crippen LogP contribution in [0.3, 0.4) is 0 Å². The number of hydroxylamine groups is 2. The van der Waals surface area contributed by atoms with Gasteiger partial charge in [-0.1, -0.05) is 6.92 Å². The zero-order valence-corrected chi connectivity index (χ0v) is 13.7. The summed E-state index contributed by atoms with van der Waals surface area (Å²) in [5, 5.41) is 2.20. The Morgan fingerprint density at radius 1 is 1.13 bits per heavy atom. The molecule has 0 bridgehead atoms. The molecule has 0 unspecified atom stereocenters. The van der Waals surface area contributed by atoms with Gasteiger partial charge in [-0.2, -0.15) is 17.9 Å². The van der Waals surface area contributed by atoms with Gasteiger partial charge in [0.25, 0.3) is 0 Å². The molecule has 3 heteroatoms. The van der Waals surface area contributed by atoms with Crippen molar-refractivity contribution in [1.82, 2.24) is 5.06 Å². The number of rotatable bonds is 3. The molecule has 0 saturated carbocycles. The molecule has 15 heavy (non-hydrogen) atoms. The second-order valence-corrected chi connectivity index (χ2v) is 5.45. The fourth-order valence-corrected chi connectivity index (χ4v) is 2.30. The Bertz CT molecular complexity index is 176. The van der Waals surface area contributed by atoms with Crippen molar-refractivity contribution in [1.29, 1.82) is 0 Å². The van der Waals surface area contributed by atoms with Crippen LogP contribution in [-0.2, 0) is 37.5 Å². The van der Waals surface area contributed by atoms with E-state index in [9.17, 15) is 0 Å². The molecule has 0 aromatic rings. The van der Waals surface area contributed by atoms with Crippen molar-refractivity contribution in [2.75, 3.05) is 6.61 Å². The molecule has 0 aromatic carbocycles. The topological polar surface area (TPSA) is 12.5 Å². The molecule has 0 aromatic heterocycles. The van der Waals surface area contributed by atoms with Gasteiger partial charge in [0.2, 0.25) is 0 Å². The van der Waals surface area contributed by atoms with Crippen LogP contribution in [0.25, 0.3) is 0 Å². The first kappa shape index (κ1) is 16.0. The molecule has 84 valence electrons. The molecule has 1 aliphatic heterocycles. The molecule has 1 fully saturated rings. The van der Waals surface area contributed by atoms with Gasteiger partial charge in [-0.15, -0.1) is 0 Å². The van der Waals surface area contributed by atoms with Crippen molar-refractivity contribution in [2.45, 2.75) is 65.0 Å². The van der Waals surface area contributed by atoms with Gasteiger partial charge in [0.05, 0.1) is 6.61 Å². The molecule has 1 aliphatic rings. The molecule has 1 saturated heterocycles. The van der Waals surface area contributed by atoms with Crippen LogP contribution in [0.15, 0.2) is 0 Å². The Labute approximate surface area is 120 Å². The van der Waals surface area contributed by atoms with E-state index in [1.165, 1.54) is 0 Å². The second kappa shape index (κ2) is 6.09. The van der Waals surface area contributed by atoms with Crippen molar-refractivity contribution < 1.29 is 37.5 Å². The number of nitrogens with zero attached hydrogens (tertiary/aromatic N) is 1. The van der Waals surface area contributed by atoms with E-state index in [0.717, 1.165) is 25.9 Å². The Morgan fingerprint density at radius 3 is 2.00 bits per heavy atom. The monoisotopic (exact) mass is 287 g/mol. The van der Waals surface area contributed by atoms with Crippen LogP contribution in [0.5, 0.6) is 0 Å². The SMILES string of the molecule is CCCON1C(C)(C)C[CH-]CC1(C)C.[Y+3]. The third-order valence-corrected chi connectivity index (χ3v) is 2.81. The van der Waals surface area contributed by atoms with Gasteiger partial charge < -0.3 is 6.42 Å². The third-order valence-electron chi connectivity index (χ3n) is 2.81. The summed E-state index contributed by atoms with van der Waals surface area (Å²) in [7, 11) is 0. The quantitative estimate of drug-likeness (QED) is 0.739. The normalized spacial score (nSPS) is 24.6. The molecule has 0 aliphatic carbocycles. The van der Waals surface area contributed by atoms with Gasteiger partial charge in [0.15, 0.2) is 0 Å². The zero-order valence-electron chi connectivity index (χ0n) is 10.8. The number of hydrogen-bond donors (Lipinski definition) is 0. The predicted octanol–water partition coefficient (Wildman–Crippen LogP) is 3.18. The molecule has 0 spiro atoms. The summed E-state index contributed by atoms with van der Waals surface area (Å²) < 4.78 is 0. The first-order chi connectivity index (χ1) is 6.40. The average molecular weight is 287 g/mol. The molecular formula is C12H24NOY+2. The zero-order chi connectivity index (χ0) is 10.8. The maximum atomic E-state index is 5.88. The van der Waals surface area contributed by atoms with Crippen LogP contribution in [0.1, 0.15) is 53.9 Å². The average Bonchev–Trinajstić information content (AvgIpc) is 2.01. The summed E-state index contributed by atoms with van der Waals surface area (Å²) in [6, 6.07) is 0. The standard InChI is InChI=1S/C12H24NO.Y/c1-6-10-14-13-11(2,3)8-7-9-12(13,4)5;/h7H,6,8-10H2,1-5H3;/q-1;+3. The van der Waals surface area contributed by atoms with E-state index in [4.69, 9.17) is 4.84 Å². The van der Waals surface area contributed by atoms with Gasteiger partial charge in [0, 0.05) is 11.1 Å². The molecule has 0 amide bonds. The minimum Gasteiger partial charge on any atom is -0.325 e. The maximum Gasteiger partial charge on any atom is 3.00 e. The van der Waals surface area contributed by atoms with Crippen molar-refractivity contribution in [2.24, 2.45) is 0 Å². The molecule has 0 radical (unpaired) electrons. The largest absolute Gasteiger partial charge is 3.00 e. The molecule has 2 nitrogen and oxygen atoms in total. The fraction of sp³-hybridized carbons (Fsp3) is 0.917. The number of hydrogen-bond acceptors (Lipinski definition) is 2. The van der Waals surface area contributed by atoms with E-state index in [0.29, 0.717) is 0 Å². The van der Waals surface area contributed by atoms with E-state index < -0.39 is 0 Å².